The van der Waals surface area contributed by atoms with Crippen LogP contribution < -0.4 is 5.73 Å². The van der Waals surface area contributed by atoms with E-state index in [0.717, 1.165) is 27.2 Å². The van der Waals surface area contributed by atoms with Crippen LogP contribution in [0.5, 0.6) is 0 Å². The van der Waals surface area contributed by atoms with E-state index in [1.54, 1.807) is 0 Å². The van der Waals surface area contributed by atoms with Crippen molar-refractivity contribution in [3.05, 3.63) is 59.7 Å². The summed E-state index contributed by atoms with van der Waals surface area (Å²) in [7, 11) is 0. The first-order valence-corrected chi connectivity index (χ1v) is 9.07. The topological polar surface area (TPSA) is 110 Å². The second kappa shape index (κ2) is 8.56. The summed E-state index contributed by atoms with van der Waals surface area (Å²) >= 11 is 0. The molecular formula is C21H22N2O5. The lowest BCUT2D eigenvalue weighted by molar-refractivity contribution is -0.138. The number of ether oxygens (including phenoxy) is 1. The maximum absolute atomic E-state index is 12.5. The molecule has 1 aliphatic rings. The van der Waals surface area contributed by atoms with Gasteiger partial charge in [-0.25, -0.2) is 4.79 Å². The number of nitrogens with zero attached hydrogens (tertiary/aromatic N) is 1. The molecule has 0 radical (unpaired) electrons. The van der Waals surface area contributed by atoms with Crippen molar-refractivity contribution in [2.75, 3.05) is 19.7 Å². The number of nitrogens with two attached hydrogens (primary N) is 1. The first-order valence-electron chi connectivity index (χ1n) is 9.07. The van der Waals surface area contributed by atoms with Crippen LogP contribution in [0.25, 0.3) is 11.1 Å². The number of hydrogen-bond acceptors (Lipinski definition) is 4. The van der Waals surface area contributed by atoms with Crippen LogP contribution in [0.2, 0.25) is 0 Å². The number of aliphatic carboxylic acids is 1. The molecule has 2 amide bonds. The van der Waals surface area contributed by atoms with Crippen molar-refractivity contribution in [1.29, 1.82) is 0 Å². The number of carboxylic acids is 1. The van der Waals surface area contributed by atoms with E-state index in [-0.39, 0.29) is 31.9 Å². The van der Waals surface area contributed by atoms with Crippen molar-refractivity contribution in [2.45, 2.75) is 18.8 Å². The smallest absolute Gasteiger partial charge is 0.410 e. The highest BCUT2D eigenvalue weighted by molar-refractivity contribution is 5.80. The monoisotopic (exact) mass is 382 g/mol. The van der Waals surface area contributed by atoms with Crippen LogP contribution in [0.3, 0.4) is 0 Å². The lowest BCUT2D eigenvalue weighted by Gasteiger charge is -2.22. The van der Waals surface area contributed by atoms with E-state index in [4.69, 9.17) is 15.6 Å². The molecule has 0 fully saturated rings. The van der Waals surface area contributed by atoms with E-state index in [1.807, 2.05) is 48.5 Å². The van der Waals surface area contributed by atoms with Crippen molar-refractivity contribution < 1.29 is 24.2 Å². The Balaban J connectivity index is 1.70. The van der Waals surface area contributed by atoms with E-state index < -0.39 is 24.5 Å². The lowest BCUT2D eigenvalue weighted by Crippen LogP contribution is -2.37. The average molecular weight is 382 g/mol. The third-order valence-corrected chi connectivity index (χ3v) is 4.77. The molecule has 3 N–H and O–H groups in total. The van der Waals surface area contributed by atoms with Gasteiger partial charge in [0, 0.05) is 18.9 Å². The molecule has 28 heavy (non-hydrogen) atoms. The fraction of sp³-hybridized carbons (Fsp3) is 0.286. The highest BCUT2D eigenvalue weighted by Crippen LogP contribution is 2.44. The molecule has 0 unspecified atom stereocenters. The zero-order valence-electron chi connectivity index (χ0n) is 15.3. The number of hydrogen-bond donors (Lipinski definition) is 2. The van der Waals surface area contributed by atoms with Crippen molar-refractivity contribution in [2.24, 2.45) is 5.73 Å². The summed E-state index contributed by atoms with van der Waals surface area (Å²) in [5.74, 6) is -1.75. The first kappa shape index (κ1) is 19.4. The molecule has 0 bridgehead atoms. The quantitative estimate of drug-likeness (QED) is 0.729. The lowest BCUT2D eigenvalue weighted by atomic mass is 9.98. The summed E-state index contributed by atoms with van der Waals surface area (Å²) in [6, 6.07) is 15.9. The zero-order chi connectivity index (χ0) is 20.1. The van der Waals surface area contributed by atoms with Gasteiger partial charge in [-0.2, -0.15) is 0 Å². The standard InChI is InChI=1S/C21H22N2O5/c22-19(24)10-5-11-23(12-20(25)26)21(27)28-13-18-16-8-3-1-6-14(16)15-7-2-4-9-17(15)18/h1-4,6-9,18H,5,10-13H2,(H2,22,24)(H,25,26). The van der Waals surface area contributed by atoms with Crippen LogP contribution in [0, 0.1) is 0 Å². The second-order valence-electron chi connectivity index (χ2n) is 6.69. The molecule has 2 aromatic rings. The van der Waals surface area contributed by atoms with Crippen molar-refractivity contribution in [3.8, 4) is 11.1 Å². The number of rotatable bonds is 8. The minimum absolute atomic E-state index is 0.0762. The predicted octanol–water partition coefficient (Wildman–Crippen LogP) is 2.59. The Morgan fingerprint density at radius 2 is 1.57 bits per heavy atom. The van der Waals surface area contributed by atoms with Crippen molar-refractivity contribution in [1.82, 2.24) is 4.90 Å². The van der Waals surface area contributed by atoms with Gasteiger partial charge in [-0.05, 0) is 28.7 Å². The molecule has 0 atom stereocenters. The molecule has 7 nitrogen and oxygen atoms in total. The molecule has 0 saturated heterocycles. The fourth-order valence-electron chi connectivity index (χ4n) is 3.53. The number of benzene rings is 2. The molecule has 0 aliphatic heterocycles. The molecular weight excluding hydrogens is 360 g/mol. The number of carbonyl (C=O) groups excluding carboxylic acids is 2. The van der Waals surface area contributed by atoms with Gasteiger partial charge < -0.3 is 15.6 Å². The van der Waals surface area contributed by atoms with Crippen LogP contribution in [-0.4, -0.2) is 47.7 Å². The Bertz CT molecular complexity index is 850. The SMILES string of the molecule is NC(=O)CCCN(CC(=O)O)C(=O)OCC1c2ccccc2-c2ccccc21. The van der Waals surface area contributed by atoms with E-state index >= 15 is 0 Å². The zero-order valence-corrected chi connectivity index (χ0v) is 15.3. The average Bonchev–Trinajstić information content (AvgIpc) is 2.99. The summed E-state index contributed by atoms with van der Waals surface area (Å²) in [6.07, 6.45) is -0.353. The number of carbonyl (C=O) groups is 3. The summed E-state index contributed by atoms with van der Waals surface area (Å²) in [4.78, 5) is 35.5. The van der Waals surface area contributed by atoms with Gasteiger partial charge in [0.1, 0.15) is 13.2 Å². The van der Waals surface area contributed by atoms with Crippen LogP contribution in [0.4, 0.5) is 4.79 Å². The second-order valence-corrected chi connectivity index (χ2v) is 6.69. The van der Waals surface area contributed by atoms with E-state index in [1.165, 1.54) is 0 Å². The Labute approximate surface area is 162 Å². The van der Waals surface area contributed by atoms with Gasteiger partial charge in [0.25, 0.3) is 0 Å². The Kier molecular flexibility index (Phi) is 5.93. The molecule has 146 valence electrons. The minimum Gasteiger partial charge on any atom is -0.480 e. The molecule has 3 rings (SSSR count). The van der Waals surface area contributed by atoms with Crippen LogP contribution in [-0.2, 0) is 14.3 Å². The van der Waals surface area contributed by atoms with Gasteiger partial charge >= 0.3 is 12.1 Å². The molecule has 0 heterocycles. The summed E-state index contributed by atoms with van der Waals surface area (Å²) in [5.41, 5.74) is 9.48. The predicted molar refractivity (Wildman–Crippen MR) is 103 cm³/mol. The molecule has 7 heteroatoms. The molecule has 2 aromatic carbocycles. The van der Waals surface area contributed by atoms with Crippen LogP contribution in [0.1, 0.15) is 29.9 Å². The Hall–Kier alpha value is -3.35. The molecule has 1 aliphatic carbocycles. The number of primary amides is 1. The fourth-order valence-corrected chi connectivity index (χ4v) is 3.53. The molecule has 0 aromatic heterocycles. The van der Waals surface area contributed by atoms with Gasteiger partial charge in [-0.1, -0.05) is 48.5 Å². The molecule has 0 saturated carbocycles. The highest BCUT2D eigenvalue weighted by atomic mass is 16.6. The largest absolute Gasteiger partial charge is 0.480 e. The normalized spacial score (nSPS) is 12.1. The summed E-state index contributed by atoms with van der Waals surface area (Å²) in [6.45, 7) is -0.292. The van der Waals surface area contributed by atoms with Gasteiger partial charge in [0.15, 0.2) is 0 Å². The van der Waals surface area contributed by atoms with E-state index in [0.29, 0.717) is 0 Å². The minimum atomic E-state index is -1.15. The van der Waals surface area contributed by atoms with Gasteiger partial charge in [-0.3, -0.25) is 14.5 Å². The Morgan fingerprint density at radius 3 is 2.11 bits per heavy atom. The van der Waals surface area contributed by atoms with Gasteiger partial charge in [0.05, 0.1) is 0 Å². The first-order chi connectivity index (χ1) is 13.5. The van der Waals surface area contributed by atoms with Gasteiger partial charge in [-0.15, -0.1) is 0 Å². The summed E-state index contributed by atoms with van der Waals surface area (Å²) in [5, 5.41) is 9.04. The maximum Gasteiger partial charge on any atom is 0.410 e. The maximum atomic E-state index is 12.5. The van der Waals surface area contributed by atoms with Gasteiger partial charge in [0.2, 0.25) is 5.91 Å². The van der Waals surface area contributed by atoms with Crippen LogP contribution in [0.15, 0.2) is 48.5 Å². The Morgan fingerprint density at radius 1 is 1.00 bits per heavy atom. The third kappa shape index (κ3) is 4.31. The number of fused-ring (bicyclic) bond motifs is 3. The van der Waals surface area contributed by atoms with Crippen molar-refractivity contribution in [3.63, 3.8) is 0 Å². The number of amides is 2. The third-order valence-electron chi connectivity index (χ3n) is 4.77. The van der Waals surface area contributed by atoms with Crippen LogP contribution >= 0.6 is 0 Å². The highest BCUT2D eigenvalue weighted by Gasteiger charge is 2.29. The van der Waals surface area contributed by atoms with Crippen molar-refractivity contribution >= 4 is 18.0 Å². The van der Waals surface area contributed by atoms with E-state index in [2.05, 4.69) is 0 Å². The van der Waals surface area contributed by atoms with E-state index in [9.17, 15) is 14.4 Å². The summed E-state index contributed by atoms with van der Waals surface area (Å²) < 4.78 is 5.47. The molecule has 0 spiro atoms. The number of carboxylic acid groups (broad SMARTS) is 1.